The Labute approximate surface area is 241 Å². The molecule has 0 unspecified atom stereocenters. The lowest BCUT2D eigenvalue weighted by Crippen LogP contribution is -2.45. The molecule has 3 aliphatic rings. The van der Waals surface area contributed by atoms with Crippen LogP contribution >= 0.6 is 0 Å². The molecule has 224 valence electrons. The van der Waals surface area contributed by atoms with Crippen molar-refractivity contribution in [1.82, 2.24) is 15.1 Å². The largest absolute Gasteiger partial charge is 0.493 e. The van der Waals surface area contributed by atoms with Gasteiger partial charge in [0.25, 0.3) is 5.91 Å². The summed E-state index contributed by atoms with van der Waals surface area (Å²) in [6.07, 6.45) is 9.99. The summed E-state index contributed by atoms with van der Waals surface area (Å²) in [5.74, 6) is 2.75. The van der Waals surface area contributed by atoms with E-state index in [-0.39, 0.29) is 11.9 Å². The minimum absolute atomic E-state index is 0.00234. The van der Waals surface area contributed by atoms with Crippen molar-refractivity contribution in [2.75, 3.05) is 53.6 Å². The van der Waals surface area contributed by atoms with E-state index < -0.39 is 0 Å². The molecule has 4 rings (SSSR count). The maximum absolute atomic E-state index is 13.8. The average Bonchev–Trinajstić information content (AvgIpc) is 3.71. The second-order valence-electron chi connectivity index (χ2n) is 12.3. The summed E-state index contributed by atoms with van der Waals surface area (Å²) in [6, 6.07) is 5.90. The summed E-state index contributed by atoms with van der Waals surface area (Å²) in [7, 11) is 3.28. The van der Waals surface area contributed by atoms with Crippen LogP contribution in [0.25, 0.3) is 0 Å². The molecule has 0 bridgehead atoms. The Hall–Kier alpha value is -2.32. The Morgan fingerprint density at radius 1 is 0.950 bits per heavy atom. The third-order valence-corrected chi connectivity index (χ3v) is 8.88. The summed E-state index contributed by atoms with van der Waals surface area (Å²) in [5, 5.41) is 3.57. The Bertz CT molecular complexity index is 960. The van der Waals surface area contributed by atoms with E-state index in [2.05, 4.69) is 24.1 Å². The minimum Gasteiger partial charge on any atom is -0.493 e. The molecule has 1 saturated heterocycles. The first kappa shape index (κ1) is 30.6. The SMILES string of the molecule is COCCCOc1cc(C(=O)N(C[C@@H]2CNC[C@@H]2CN(C(=O)CC2CCCCC2)C2CC2)C(C)C)ccc1OC. The van der Waals surface area contributed by atoms with Gasteiger partial charge in [-0.3, -0.25) is 9.59 Å². The van der Waals surface area contributed by atoms with E-state index in [4.69, 9.17) is 14.2 Å². The Kier molecular flexibility index (Phi) is 11.5. The van der Waals surface area contributed by atoms with Crippen LogP contribution in [-0.2, 0) is 9.53 Å². The van der Waals surface area contributed by atoms with Crippen LogP contribution in [0.15, 0.2) is 18.2 Å². The maximum atomic E-state index is 13.8. The Balaban J connectivity index is 1.40. The highest BCUT2D eigenvalue weighted by Gasteiger charge is 2.39. The molecule has 0 radical (unpaired) electrons. The van der Waals surface area contributed by atoms with Crippen molar-refractivity contribution in [3.8, 4) is 11.5 Å². The zero-order valence-electron chi connectivity index (χ0n) is 25.2. The molecular weight excluding hydrogens is 506 g/mol. The van der Waals surface area contributed by atoms with Gasteiger partial charge in [0, 0.05) is 70.4 Å². The van der Waals surface area contributed by atoms with Gasteiger partial charge in [-0.2, -0.15) is 0 Å². The number of amides is 2. The number of benzene rings is 1. The molecule has 1 aliphatic heterocycles. The third-order valence-electron chi connectivity index (χ3n) is 8.88. The van der Waals surface area contributed by atoms with Crippen molar-refractivity contribution >= 4 is 11.8 Å². The third kappa shape index (κ3) is 8.35. The topological polar surface area (TPSA) is 80.3 Å². The molecule has 2 amide bonds. The van der Waals surface area contributed by atoms with Crippen LogP contribution in [0.2, 0.25) is 0 Å². The van der Waals surface area contributed by atoms with Gasteiger partial charge >= 0.3 is 0 Å². The van der Waals surface area contributed by atoms with Gasteiger partial charge in [0.1, 0.15) is 0 Å². The van der Waals surface area contributed by atoms with Crippen molar-refractivity contribution in [1.29, 1.82) is 0 Å². The highest BCUT2D eigenvalue weighted by molar-refractivity contribution is 5.95. The fraction of sp³-hybridized carbons (Fsp3) is 0.750. The number of carbonyl (C=O) groups excluding carboxylic acids is 2. The molecule has 40 heavy (non-hydrogen) atoms. The van der Waals surface area contributed by atoms with Gasteiger partial charge in [-0.1, -0.05) is 19.3 Å². The molecule has 8 nitrogen and oxygen atoms in total. The van der Waals surface area contributed by atoms with Crippen molar-refractivity contribution in [2.24, 2.45) is 17.8 Å². The number of hydrogen-bond donors (Lipinski definition) is 1. The zero-order valence-corrected chi connectivity index (χ0v) is 25.2. The lowest BCUT2D eigenvalue weighted by Gasteiger charge is -2.34. The van der Waals surface area contributed by atoms with Gasteiger partial charge in [-0.25, -0.2) is 0 Å². The molecule has 8 heteroatoms. The molecule has 0 aromatic heterocycles. The van der Waals surface area contributed by atoms with Gasteiger partial charge in [0.15, 0.2) is 11.5 Å². The molecule has 1 heterocycles. The molecule has 3 fully saturated rings. The van der Waals surface area contributed by atoms with Crippen molar-refractivity contribution in [2.45, 2.75) is 83.7 Å². The maximum Gasteiger partial charge on any atom is 0.254 e. The van der Waals surface area contributed by atoms with Gasteiger partial charge in [-0.15, -0.1) is 0 Å². The summed E-state index contributed by atoms with van der Waals surface area (Å²) >= 11 is 0. The van der Waals surface area contributed by atoms with Crippen LogP contribution in [0.4, 0.5) is 0 Å². The number of ether oxygens (including phenoxy) is 3. The monoisotopic (exact) mass is 557 g/mol. The number of carbonyl (C=O) groups is 2. The number of nitrogens with zero attached hydrogens (tertiary/aromatic N) is 2. The number of rotatable bonds is 15. The van der Waals surface area contributed by atoms with Crippen LogP contribution < -0.4 is 14.8 Å². The van der Waals surface area contributed by atoms with Gasteiger partial charge in [-0.05, 0) is 75.5 Å². The summed E-state index contributed by atoms with van der Waals surface area (Å²) in [6.45, 7) is 8.48. The van der Waals surface area contributed by atoms with Crippen LogP contribution in [0.5, 0.6) is 11.5 Å². The van der Waals surface area contributed by atoms with Crippen molar-refractivity contribution < 1.29 is 23.8 Å². The van der Waals surface area contributed by atoms with E-state index in [1.807, 2.05) is 17.0 Å². The second-order valence-corrected chi connectivity index (χ2v) is 12.3. The van der Waals surface area contributed by atoms with Crippen LogP contribution in [0.3, 0.4) is 0 Å². The fourth-order valence-corrected chi connectivity index (χ4v) is 6.32. The fourth-order valence-electron chi connectivity index (χ4n) is 6.32. The first-order valence-electron chi connectivity index (χ1n) is 15.5. The van der Waals surface area contributed by atoms with Gasteiger partial charge in [0.05, 0.1) is 13.7 Å². The lowest BCUT2D eigenvalue weighted by atomic mass is 9.86. The Morgan fingerprint density at radius 2 is 1.68 bits per heavy atom. The minimum atomic E-state index is -0.00234. The smallest absolute Gasteiger partial charge is 0.254 e. The summed E-state index contributed by atoms with van der Waals surface area (Å²) in [5.41, 5.74) is 0.598. The predicted octanol–water partition coefficient (Wildman–Crippen LogP) is 4.76. The second kappa shape index (κ2) is 15.1. The van der Waals surface area contributed by atoms with Gasteiger partial charge in [0.2, 0.25) is 5.91 Å². The standard InChI is InChI=1S/C32H51N3O5/c1-23(2)34(32(37)25-11-14-29(39-4)30(18-25)40-16-8-15-38-3)21-26-19-33-20-27(26)22-35(28-12-13-28)31(36)17-24-9-6-5-7-10-24/h11,14,18,23-24,26-28,33H,5-10,12-13,15-17,19-22H2,1-4H3/t26-,27+/m0/s1. The number of hydrogen-bond acceptors (Lipinski definition) is 6. The van der Waals surface area contributed by atoms with Crippen LogP contribution in [0, 0.1) is 17.8 Å². The van der Waals surface area contributed by atoms with Gasteiger partial charge < -0.3 is 29.3 Å². The van der Waals surface area contributed by atoms with E-state index in [9.17, 15) is 9.59 Å². The van der Waals surface area contributed by atoms with E-state index in [1.165, 1.54) is 32.1 Å². The first-order valence-corrected chi connectivity index (χ1v) is 15.5. The van der Waals surface area contributed by atoms with Crippen molar-refractivity contribution in [3.63, 3.8) is 0 Å². The van der Waals surface area contributed by atoms with E-state index in [1.54, 1.807) is 20.3 Å². The van der Waals surface area contributed by atoms with E-state index in [0.717, 1.165) is 38.9 Å². The molecule has 2 aliphatic carbocycles. The molecule has 1 N–H and O–H groups in total. The normalized spacial score (nSPS) is 21.4. The molecule has 2 saturated carbocycles. The average molecular weight is 558 g/mol. The highest BCUT2D eigenvalue weighted by Crippen LogP contribution is 2.34. The summed E-state index contributed by atoms with van der Waals surface area (Å²) < 4.78 is 16.5. The quantitative estimate of drug-likeness (QED) is 0.313. The van der Waals surface area contributed by atoms with Crippen LogP contribution in [0.1, 0.15) is 82.0 Å². The lowest BCUT2D eigenvalue weighted by molar-refractivity contribution is -0.133. The molecule has 1 aromatic carbocycles. The molecule has 0 spiro atoms. The highest BCUT2D eigenvalue weighted by atomic mass is 16.5. The summed E-state index contributed by atoms with van der Waals surface area (Å²) in [4.78, 5) is 31.4. The van der Waals surface area contributed by atoms with E-state index >= 15 is 0 Å². The predicted molar refractivity (Wildman–Crippen MR) is 157 cm³/mol. The van der Waals surface area contributed by atoms with E-state index in [0.29, 0.717) is 72.9 Å². The number of nitrogens with one attached hydrogen (secondary N) is 1. The van der Waals surface area contributed by atoms with Crippen LogP contribution in [-0.4, -0.2) is 87.3 Å². The number of methoxy groups -OCH3 is 2. The van der Waals surface area contributed by atoms with Crippen molar-refractivity contribution in [3.05, 3.63) is 23.8 Å². The zero-order chi connectivity index (χ0) is 28.5. The molecule has 1 aromatic rings. The molecule has 2 atom stereocenters. The molecular formula is C32H51N3O5. The first-order chi connectivity index (χ1) is 19.4. The Morgan fingerprint density at radius 3 is 2.33 bits per heavy atom.